The molecular weight excluding hydrogens is 670 g/mol. The molecule has 52 heavy (non-hydrogen) atoms. The van der Waals surface area contributed by atoms with Crippen molar-refractivity contribution in [2.75, 3.05) is 53.7 Å². The monoisotopic (exact) mass is 739 g/mol. The molecule has 0 aliphatic heterocycles. The maximum absolute atomic E-state index is 12.8. The predicted octanol–water partition coefficient (Wildman–Crippen LogP) is 8.20. The summed E-state index contributed by atoms with van der Waals surface area (Å²) in [6.07, 6.45) is 21.0. The van der Waals surface area contributed by atoms with Crippen LogP contribution in [-0.4, -0.2) is 94.7 Å². The number of unbranched alkanes of at least 4 members (excludes halogenated alkanes) is 12. The van der Waals surface area contributed by atoms with E-state index < -0.39 is 24.2 Å². The van der Waals surface area contributed by atoms with Crippen molar-refractivity contribution in [3.05, 3.63) is 24.3 Å². The molecule has 0 rings (SSSR count). The van der Waals surface area contributed by atoms with Crippen LogP contribution in [0.5, 0.6) is 0 Å². The Morgan fingerprint density at radius 3 is 1.54 bits per heavy atom. The normalized spacial score (nSPS) is 11.9. The fraction of sp³-hybridized carbons (Fsp3) is 0.775. The number of carbonyl (C=O) groups excluding carboxylic acids is 5. The van der Waals surface area contributed by atoms with Crippen LogP contribution in [0, 0.1) is 0 Å². The van der Waals surface area contributed by atoms with Gasteiger partial charge in [-0.25, -0.2) is 9.59 Å². The van der Waals surface area contributed by atoms with Gasteiger partial charge in [-0.05, 0) is 78.3 Å². The van der Waals surface area contributed by atoms with E-state index in [2.05, 4.69) is 13.8 Å². The van der Waals surface area contributed by atoms with Crippen LogP contribution in [0.1, 0.15) is 142 Å². The van der Waals surface area contributed by atoms with Crippen LogP contribution in [0.2, 0.25) is 0 Å². The maximum Gasteiger partial charge on any atom is 0.509 e. The Morgan fingerprint density at radius 1 is 0.519 bits per heavy atom. The first-order valence-corrected chi connectivity index (χ1v) is 19.6. The number of hydrogen-bond donors (Lipinski definition) is 0. The minimum Gasteiger partial charge on any atom is -0.466 e. The molecule has 0 spiro atoms. The summed E-state index contributed by atoms with van der Waals surface area (Å²) in [7, 11) is 3.64. The number of nitrogens with zero attached hydrogens (tertiary/aromatic N) is 1. The molecule has 0 aliphatic rings. The Balaban J connectivity index is 4.34. The highest BCUT2D eigenvalue weighted by molar-refractivity contribution is 5.78. The lowest BCUT2D eigenvalue weighted by Crippen LogP contribution is -2.31. The second-order valence-corrected chi connectivity index (χ2v) is 13.1. The third kappa shape index (κ3) is 33.7. The fourth-order valence-electron chi connectivity index (χ4n) is 4.73. The molecule has 0 N–H and O–H groups in total. The zero-order valence-electron chi connectivity index (χ0n) is 32.7. The van der Waals surface area contributed by atoms with Crippen LogP contribution in [0.25, 0.3) is 0 Å². The second-order valence-electron chi connectivity index (χ2n) is 13.1. The Kier molecular flexibility index (Phi) is 33.6. The molecule has 0 aromatic carbocycles. The molecule has 12 nitrogen and oxygen atoms in total. The van der Waals surface area contributed by atoms with E-state index in [0.29, 0.717) is 51.5 Å². The highest BCUT2D eigenvalue weighted by atomic mass is 16.7. The summed E-state index contributed by atoms with van der Waals surface area (Å²) in [4.78, 5) is 63.0. The number of hydrogen-bond acceptors (Lipinski definition) is 12. The van der Waals surface area contributed by atoms with E-state index in [-0.39, 0.29) is 64.2 Å². The number of rotatable bonds is 34. The van der Waals surface area contributed by atoms with Gasteiger partial charge >= 0.3 is 30.0 Å². The van der Waals surface area contributed by atoms with Crippen molar-refractivity contribution in [3.63, 3.8) is 0 Å². The molecule has 0 radical (unpaired) electrons. The zero-order valence-corrected chi connectivity index (χ0v) is 32.7. The zero-order chi connectivity index (χ0) is 38.5. The highest BCUT2D eigenvalue weighted by Crippen LogP contribution is 2.11. The van der Waals surface area contributed by atoms with E-state index in [9.17, 15) is 24.0 Å². The number of likely N-dealkylation sites (N-methyl/N-ethyl adjacent to an activating group) is 1. The van der Waals surface area contributed by atoms with Crippen molar-refractivity contribution < 1.29 is 52.4 Å². The SMILES string of the molecule is CCCCCC/C=C\COC(=O)CCCCCOC(=O)CCC(OC(=O)OCCN(C)C)C(=O)OCCCCCC(=O)OC/C=C\CCCCCC. The maximum atomic E-state index is 12.8. The lowest BCUT2D eigenvalue weighted by atomic mass is 10.1. The predicted molar refractivity (Wildman–Crippen MR) is 201 cm³/mol. The van der Waals surface area contributed by atoms with Crippen LogP contribution >= 0.6 is 0 Å². The van der Waals surface area contributed by atoms with E-state index in [1.54, 1.807) is 0 Å². The molecule has 1 unspecified atom stereocenters. The Labute approximate surface area is 313 Å². The van der Waals surface area contributed by atoms with Gasteiger partial charge < -0.3 is 33.3 Å². The minimum absolute atomic E-state index is 0.0675. The summed E-state index contributed by atoms with van der Waals surface area (Å²) in [6.45, 7) is 5.69. The Bertz CT molecular complexity index is 996. The quantitative estimate of drug-likeness (QED) is 0.0272. The number of allylic oxidation sites excluding steroid dienone is 2. The van der Waals surface area contributed by atoms with Gasteiger partial charge in [0.2, 0.25) is 6.10 Å². The van der Waals surface area contributed by atoms with Gasteiger partial charge in [0, 0.05) is 32.2 Å². The number of esters is 4. The summed E-state index contributed by atoms with van der Waals surface area (Å²) in [5, 5.41) is 0. The van der Waals surface area contributed by atoms with E-state index in [1.165, 1.54) is 38.5 Å². The van der Waals surface area contributed by atoms with Gasteiger partial charge in [-0.15, -0.1) is 0 Å². The minimum atomic E-state index is -1.34. The van der Waals surface area contributed by atoms with E-state index in [1.807, 2.05) is 43.3 Å². The number of carbonyl (C=O) groups is 5. The van der Waals surface area contributed by atoms with E-state index in [0.717, 1.165) is 25.7 Å². The van der Waals surface area contributed by atoms with Crippen molar-refractivity contribution in [3.8, 4) is 0 Å². The van der Waals surface area contributed by atoms with Crippen molar-refractivity contribution in [2.24, 2.45) is 0 Å². The first kappa shape index (κ1) is 48.6. The van der Waals surface area contributed by atoms with Crippen molar-refractivity contribution >= 4 is 30.0 Å². The molecule has 0 amide bonds. The summed E-state index contributed by atoms with van der Waals surface area (Å²) >= 11 is 0. The Hall–Kier alpha value is -3.41. The van der Waals surface area contributed by atoms with Crippen molar-refractivity contribution in [1.82, 2.24) is 4.90 Å². The van der Waals surface area contributed by atoms with Crippen molar-refractivity contribution in [2.45, 2.75) is 148 Å². The Morgan fingerprint density at radius 2 is 1.02 bits per heavy atom. The van der Waals surface area contributed by atoms with Crippen LogP contribution < -0.4 is 0 Å². The smallest absolute Gasteiger partial charge is 0.466 e. The number of ether oxygens (including phenoxy) is 6. The third-order valence-electron chi connectivity index (χ3n) is 7.89. The van der Waals surface area contributed by atoms with Gasteiger partial charge in [-0.1, -0.05) is 76.7 Å². The molecule has 0 aliphatic carbocycles. The van der Waals surface area contributed by atoms with Gasteiger partial charge in [0.1, 0.15) is 19.8 Å². The summed E-state index contributed by atoms with van der Waals surface area (Å²) in [6, 6.07) is 0. The van der Waals surface area contributed by atoms with Crippen LogP contribution in [0.15, 0.2) is 24.3 Å². The van der Waals surface area contributed by atoms with Crippen molar-refractivity contribution in [1.29, 1.82) is 0 Å². The molecule has 0 bridgehead atoms. The van der Waals surface area contributed by atoms with Gasteiger partial charge in [-0.2, -0.15) is 0 Å². The molecule has 300 valence electrons. The molecule has 0 heterocycles. The molecule has 1 atom stereocenters. The molecule has 0 saturated heterocycles. The lowest BCUT2D eigenvalue weighted by molar-refractivity contribution is -0.157. The van der Waals surface area contributed by atoms with Gasteiger partial charge in [0.15, 0.2) is 0 Å². The lowest BCUT2D eigenvalue weighted by Gasteiger charge is -2.17. The topological polar surface area (TPSA) is 144 Å². The van der Waals surface area contributed by atoms with Crippen LogP contribution in [0.3, 0.4) is 0 Å². The van der Waals surface area contributed by atoms with Crippen LogP contribution in [-0.2, 0) is 47.6 Å². The third-order valence-corrected chi connectivity index (χ3v) is 7.89. The van der Waals surface area contributed by atoms with E-state index in [4.69, 9.17) is 28.4 Å². The average molecular weight is 740 g/mol. The molecule has 0 saturated carbocycles. The largest absolute Gasteiger partial charge is 0.509 e. The summed E-state index contributed by atoms with van der Waals surface area (Å²) in [5.74, 6) is -1.85. The summed E-state index contributed by atoms with van der Waals surface area (Å²) < 4.78 is 31.2. The average Bonchev–Trinajstić information content (AvgIpc) is 3.11. The first-order valence-electron chi connectivity index (χ1n) is 19.6. The second kappa shape index (κ2) is 36.0. The van der Waals surface area contributed by atoms with Gasteiger partial charge in [0.05, 0.1) is 13.2 Å². The molecular formula is C40H69NO11. The molecule has 0 aromatic rings. The first-order chi connectivity index (χ1) is 25.2. The van der Waals surface area contributed by atoms with Crippen LogP contribution in [0.4, 0.5) is 4.79 Å². The summed E-state index contributed by atoms with van der Waals surface area (Å²) in [5.41, 5.74) is 0. The van der Waals surface area contributed by atoms with E-state index >= 15 is 0 Å². The molecule has 0 fully saturated rings. The molecule has 0 aromatic heterocycles. The fourth-order valence-corrected chi connectivity index (χ4v) is 4.73. The standard InChI is InChI=1S/C40H69NO11/c1-5-7-9-11-13-15-21-30-47-36(42)25-19-17-23-32-49-38(44)28-27-35(52-40(46)51-34-29-41(3)4)39(45)50-33-24-18-20-26-37(43)48-31-22-16-14-12-10-8-6-2/h15-16,21-22,35H,5-14,17-20,23-34H2,1-4H3/b21-15-,22-16-. The van der Waals surface area contributed by atoms with Gasteiger partial charge in [0.25, 0.3) is 0 Å². The molecule has 12 heteroatoms. The van der Waals surface area contributed by atoms with Gasteiger partial charge in [-0.3, -0.25) is 14.4 Å². The highest BCUT2D eigenvalue weighted by Gasteiger charge is 2.26.